The highest BCUT2D eigenvalue weighted by atomic mass is 16.3. The first-order valence-corrected chi connectivity index (χ1v) is 3.02. The first-order chi connectivity index (χ1) is 4.06. The predicted octanol–water partition coefficient (Wildman–Crippen LogP) is 1.75. The summed E-state index contributed by atoms with van der Waals surface area (Å²) in [5, 5.41) is 9.13. The van der Waals surface area contributed by atoms with Crippen LogP contribution in [0.1, 0.15) is 13.8 Å². The summed E-state index contributed by atoms with van der Waals surface area (Å²) in [6.07, 6.45) is 2.99. The largest absolute Gasteiger partial charge is 0.392 e. The number of rotatable bonds is 3. The zero-order valence-electron chi connectivity index (χ0n) is 6.09. The Labute approximate surface area is 56.7 Å². The van der Waals surface area contributed by atoms with E-state index in [1.165, 1.54) is 0 Å². The van der Waals surface area contributed by atoms with E-state index in [4.69, 9.17) is 5.11 Å². The summed E-state index contributed by atoms with van der Waals surface area (Å²) in [4.78, 5) is 0. The van der Waals surface area contributed by atoms with E-state index in [0.717, 1.165) is 0 Å². The van der Waals surface area contributed by atoms with Crippen molar-refractivity contribution in [2.24, 2.45) is 5.41 Å². The molecule has 0 aromatic rings. The van der Waals surface area contributed by atoms with E-state index in [0.29, 0.717) is 0 Å². The Morgan fingerprint density at radius 1 is 1.44 bits per heavy atom. The van der Waals surface area contributed by atoms with Crippen molar-refractivity contribution >= 4 is 0 Å². The van der Waals surface area contributed by atoms with Crippen molar-refractivity contribution in [3.63, 3.8) is 0 Å². The van der Waals surface area contributed by atoms with Gasteiger partial charge >= 0.3 is 0 Å². The third-order valence-electron chi connectivity index (χ3n) is 1.78. The molecule has 1 unspecified atom stereocenters. The van der Waals surface area contributed by atoms with E-state index in [9.17, 15) is 0 Å². The van der Waals surface area contributed by atoms with Gasteiger partial charge in [-0.15, -0.1) is 13.2 Å². The normalized spacial score (nSPS) is 14.6. The van der Waals surface area contributed by atoms with Crippen LogP contribution in [-0.4, -0.2) is 11.2 Å². The third kappa shape index (κ3) is 1.68. The monoisotopic (exact) mass is 126 g/mol. The van der Waals surface area contributed by atoms with E-state index in [1.54, 1.807) is 19.1 Å². The Morgan fingerprint density at radius 3 is 1.78 bits per heavy atom. The van der Waals surface area contributed by atoms with E-state index < -0.39 is 6.10 Å². The fourth-order valence-electron chi connectivity index (χ4n) is 0.424. The quantitative estimate of drug-likeness (QED) is 0.571. The molecule has 1 nitrogen and oxygen atoms in total. The predicted molar refractivity (Wildman–Crippen MR) is 40.2 cm³/mol. The smallest absolute Gasteiger partial charge is 0.0634 e. The molecule has 0 fully saturated rings. The van der Waals surface area contributed by atoms with Crippen molar-refractivity contribution in [2.75, 3.05) is 0 Å². The highest BCUT2D eigenvalue weighted by Crippen LogP contribution is 2.23. The number of hydrogen-bond donors (Lipinski definition) is 1. The second-order valence-corrected chi connectivity index (χ2v) is 2.45. The van der Waals surface area contributed by atoms with Crippen LogP contribution in [0.2, 0.25) is 0 Å². The first kappa shape index (κ1) is 8.44. The Balaban J connectivity index is 4.26. The minimum Gasteiger partial charge on any atom is -0.392 e. The molecule has 0 spiro atoms. The molecule has 0 aromatic carbocycles. The van der Waals surface area contributed by atoms with Crippen LogP contribution in [0.3, 0.4) is 0 Å². The van der Waals surface area contributed by atoms with Gasteiger partial charge in [0, 0.05) is 5.41 Å². The van der Waals surface area contributed by atoms with Crippen molar-refractivity contribution in [1.82, 2.24) is 0 Å². The van der Waals surface area contributed by atoms with Crippen LogP contribution >= 0.6 is 0 Å². The highest BCUT2D eigenvalue weighted by molar-refractivity contribution is 5.06. The Bertz CT molecular complexity index is 106. The molecule has 1 N–H and O–H groups in total. The molecule has 0 saturated carbocycles. The summed E-state index contributed by atoms with van der Waals surface area (Å²) >= 11 is 0. The molecule has 0 aliphatic rings. The Morgan fingerprint density at radius 2 is 1.78 bits per heavy atom. The van der Waals surface area contributed by atoms with Gasteiger partial charge in [-0.2, -0.15) is 0 Å². The summed E-state index contributed by atoms with van der Waals surface area (Å²) in [5.41, 5.74) is -0.333. The molecule has 0 aliphatic carbocycles. The number of aliphatic hydroxyl groups excluding tert-OH is 1. The molecule has 0 heterocycles. The van der Waals surface area contributed by atoms with E-state index in [1.807, 2.05) is 6.92 Å². The average Bonchev–Trinajstić information content (AvgIpc) is 1.86. The summed E-state index contributed by atoms with van der Waals surface area (Å²) in [7, 11) is 0. The van der Waals surface area contributed by atoms with Gasteiger partial charge in [0.2, 0.25) is 0 Å². The van der Waals surface area contributed by atoms with Crippen LogP contribution in [0.15, 0.2) is 25.3 Å². The fourth-order valence-corrected chi connectivity index (χ4v) is 0.424. The van der Waals surface area contributed by atoms with Crippen LogP contribution in [0.5, 0.6) is 0 Å². The van der Waals surface area contributed by atoms with Crippen LogP contribution in [-0.2, 0) is 0 Å². The standard InChI is InChI=1S/C8H14O/c1-5-8(4,6-2)7(3)9/h5-7,9H,1-2H2,3-4H3. The molecular weight excluding hydrogens is 112 g/mol. The van der Waals surface area contributed by atoms with Crippen LogP contribution < -0.4 is 0 Å². The lowest BCUT2D eigenvalue weighted by Crippen LogP contribution is -2.24. The highest BCUT2D eigenvalue weighted by Gasteiger charge is 2.21. The van der Waals surface area contributed by atoms with Crippen molar-refractivity contribution in [3.8, 4) is 0 Å². The first-order valence-electron chi connectivity index (χ1n) is 3.02. The second-order valence-electron chi connectivity index (χ2n) is 2.45. The summed E-state index contributed by atoms with van der Waals surface area (Å²) < 4.78 is 0. The number of hydrogen-bond acceptors (Lipinski definition) is 1. The molecule has 1 heteroatoms. The Hall–Kier alpha value is -0.560. The summed E-state index contributed by atoms with van der Waals surface area (Å²) in [6.45, 7) is 10.8. The zero-order valence-corrected chi connectivity index (χ0v) is 6.09. The van der Waals surface area contributed by atoms with Gasteiger partial charge in [0.25, 0.3) is 0 Å². The van der Waals surface area contributed by atoms with E-state index >= 15 is 0 Å². The summed E-state index contributed by atoms with van der Waals surface area (Å²) in [5.74, 6) is 0. The van der Waals surface area contributed by atoms with Crippen LogP contribution in [0.4, 0.5) is 0 Å². The van der Waals surface area contributed by atoms with Gasteiger partial charge in [0.15, 0.2) is 0 Å². The van der Waals surface area contributed by atoms with Gasteiger partial charge in [0.1, 0.15) is 0 Å². The molecule has 52 valence electrons. The number of aliphatic hydroxyl groups is 1. The van der Waals surface area contributed by atoms with Gasteiger partial charge in [0.05, 0.1) is 6.10 Å². The molecule has 9 heavy (non-hydrogen) atoms. The minimum atomic E-state index is -0.410. The van der Waals surface area contributed by atoms with Crippen LogP contribution in [0, 0.1) is 5.41 Å². The lowest BCUT2D eigenvalue weighted by Gasteiger charge is -2.24. The lowest BCUT2D eigenvalue weighted by molar-refractivity contribution is 0.118. The topological polar surface area (TPSA) is 20.2 Å². The SMILES string of the molecule is C=CC(C)(C=C)C(C)O. The van der Waals surface area contributed by atoms with Gasteiger partial charge in [-0.1, -0.05) is 19.1 Å². The maximum absolute atomic E-state index is 9.13. The maximum Gasteiger partial charge on any atom is 0.0634 e. The Kier molecular flexibility index (Phi) is 2.65. The third-order valence-corrected chi connectivity index (χ3v) is 1.78. The van der Waals surface area contributed by atoms with Crippen molar-refractivity contribution in [3.05, 3.63) is 25.3 Å². The van der Waals surface area contributed by atoms with E-state index in [2.05, 4.69) is 13.2 Å². The molecule has 0 amide bonds. The van der Waals surface area contributed by atoms with Gasteiger partial charge < -0.3 is 5.11 Å². The molecule has 0 saturated heterocycles. The van der Waals surface area contributed by atoms with E-state index in [-0.39, 0.29) is 5.41 Å². The second kappa shape index (κ2) is 2.83. The fraction of sp³-hybridized carbons (Fsp3) is 0.500. The molecular formula is C8H14O. The summed E-state index contributed by atoms with van der Waals surface area (Å²) in [6, 6.07) is 0. The van der Waals surface area contributed by atoms with Gasteiger partial charge in [-0.05, 0) is 6.92 Å². The molecule has 0 rings (SSSR count). The zero-order chi connectivity index (χ0) is 7.49. The van der Waals surface area contributed by atoms with Gasteiger partial charge in [-0.25, -0.2) is 0 Å². The maximum atomic E-state index is 9.13. The van der Waals surface area contributed by atoms with Crippen molar-refractivity contribution < 1.29 is 5.11 Å². The van der Waals surface area contributed by atoms with Crippen molar-refractivity contribution in [1.29, 1.82) is 0 Å². The molecule has 0 aliphatic heterocycles. The molecule has 0 aromatic heterocycles. The molecule has 0 radical (unpaired) electrons. The molecule has 1 atom stereocenters. The van der Waals surface area contributed by atoms with Gasteiger partial charge in [-0.3, -0.25) is 0 Å². The molecule has 0 bridgehead atoms. The lowest BCUT2D eigenvalue weighted by atomic mass is 9.86. The average molecular weight is 126 g/mol. The minimum absolute atomic E-state index is 0.333. The van der Waals surface area contributed by atoms with Crippen molar-refractivity contribution in [2.45, 2.75) is 20.0 Å². The van der Waals surface area contributed by atoms with Crippen LogP contribution in [0.25, 0.3) is 0 Å².